The molecule has 1 N–H and O–H groups in total. The second-order valence-corrected chi connectivity index (χ2v) is 6.58. The average molecular weight is 340 g/mol. The molecule has 1 fully saturated rings. The van der Waals surface area contributed by atoms with Crippen LogP contribution in [0.4, 0.5) is 0 Å². The van der Waals surface area contributed by atoms with Crippen LogP contribution in [0.15, 0.2) is 28.7 Å². The first-order chi connectivity index (χ1) is 9.74. The van der Waals surface area contributed by atoms with Gasteiger partial charge in [0.15, 0.2) is 0 Å². The number of rotatable bonds is 7. The molecule has 1 aliphatic rings. The summed E-state index contributed by atoms with van der Waals surface area (Å²) in [5, 5.41) is 3.75. The van der Waals surface area contributed by atoms with E-state index >= 15 is 0 Å². The van der Waals surface area contributed by atoms with Crippen molar-refractivity contribution >= 4 is 15.9 Å². The Morgan fingerprint density at radius 1 is 1.40 bits per heavy atom. The van der Waals surface area contributed by atoms with E-state index in [2.05, 4.69) is 59.4 Å². The minimum absolute atomic E-state index is 0.427. The highest BCUT2D eigenvalue weighted by molar-refractivity contribution is 9.10. The summed E-state index contributed by atoms with van der Waals surface area (Å²) >= 11 is 3.57. The zero-order valence-electron chi connectivity index (χ0n) is 12.6. The lowest BCUT2D eigenvalue weighted by Crippen LogP contribution is -2.41. The van der Waals surface area contributed by atoms with Crippen molar-refractivity contribution in [2.75, 3.05) is 13.2 Å². The maximum atomic E-state index is 5.89. The third kappa shape index (κ3) is 4.31. The highest BCUT2D eigenvalue weighted by Gasteiger charge is 2.33. The standard InChI is InChI=1S/C17H26BrNO/c1-3-9-19-16(15-8-10-20-17(15)4-2)12-13-6-5-7-14(18)11-13/h5-7,11,15-17,19H,3-4,8-10,12H2,1-2H3. The van der Waals surface area contributed by atoms with Crippen molar-refractivity contribution in [3.8, 4) is 0 Å². The van der Waals surface area contributed by atoms with Crippen molar-refractivity contribution in [3.63, 3.8) is 0 Å². The quantitative estimate of drug-likeness (QED) is 0.804. The zero-order valence-corrected chi connectivity index (χ0v) is 14.2. The van der Waals surface area contributed by atoms with Crippen LogP contribution in [0.25, 0.3) is 0 Å². The van der Waals surface area contributed by atoms with E-state index in [1.54, 1.807) is 0 Å². The van der Waals surface area contributed by atoms with E-state index < -0.39 is 0 Å². The van der Waals surface area contributed by atoms with Crippen LogP contribution in [0.3, 0.4) is 0 Å². The molecule has 0 radical (unpaired) electrons. The minimum Gasteiger partial charge on any atom is -0.378 e. The van der Waals surface area contributed by atoms with Crippen molar-refractivity contribution in [3.05, 3.63) is 34.3 Å². The van der Waals surface area contributed by atoms with E-state index in [4.69, 9.17) is 4.74 Å². The van der Waals surface area contributed by atoms with Gasteiger partial charge >= 0.3 is 0 Å². The Hall–Kier alpha value is -0.380. The normalized spacial score (nSPS) is 23.9. The summed E-state index contributed by atoms with van der Waals surface area (Å²) in [4.78, 5) is 0. The molecule has 20 heavy (non-hydrogen) atoms. The average Bonchev–Trinajstić information content (AvgIpc) is 2.92. The van der Waals surface area contributed by atoms with Gasteiger partial charge in [0.05, 0.1) is 6.10 Å². The fourth-order valence-electron chi connectivity index (χ4n) is 3.17. The molecule has 112 valence electrons. The Bertz CT molecular complexity index is 410. The van der Waals surface area contributed by atoms with Gasteiger partial charge in [-0.05, 0) is 49.9 Å². The Morgan fingerprint density at radius 2 is 2.25 bits per heavy atom. The molecule has 0 bridgehead atoms. The van der Waals surface area contributed by atoms with Gasteiger partial charge in [0.1, 0.15) is 0 Å². The van der Waals surface area contributed by atoms with Crippen molar-refractivity contribution in [1.29, 1.82) is 0 Å². The van der Waals surface area contributed by atoms with Gasteiger partial charge in [-0.25, -0.2) is 0 Å². The number of ether oxygens (including phenoxy) is 1. The van der Waals surface area contributed by atoms with Crippen LogP contribution >= 0.6 is 15.9 Å². The minimum atomic E-state index is 0.427. The third-order valence-electron chi connectivity index (χ3n) is 4.18. The van der Waals surface area contributed by atoms with E-state index in [0.29, 0.717) is 18.1 Å². The number of benzene rings is 1. The van der Waals surface area contributed by atoms with Crippen LogP contribution in [-0.2, 0) is 11.2 Å². The number of hydrogen-bond acceptors (Lipinski definition) is 2. The summed E-state index contributed by atoms with van der Waals surface area (Å²) in [5.41, 5.74) is 1.40. The summed E-state index contributed by atoms with van der Waals surface area (Å²) in [6, 6.07) is 9.20. The molecule has 0 aliphatic carbocycles. The van der Waals surface area contributed by atoms with Crippen molar-refractivity contribution < 1.29 is 4.74 Å². The van der Waals surface area contributed by atoms with Crippen LogP contribution in [0.1, 0.15) is 38.7 Å². The Balaban J connectivity index is 2.06. The van der Waals surface area contributed by atoms with Crippen LogP contribution in [0.2, 0.25) is 0 Å². The van der Waals surface area contributed by atoms with Gasteiger partial charge in [-0.3, -0.25) is 0 Å². The summed E-state index contributed by atoms with van der Waals surface area (Å²) in [5.74, 6) is 0.644. The Kier molecular flexibility index (Phi) is 6.53. The first-order valence-electron chi connectivity index (χ1n) is 7.84. The summed E-state index contributed by atoms with van der Waals surface area (Å²) in [7, 11) is 0. The second kappa shape index (κ2) is 8.16. The fourth-order valence-corrected chi connectivity index (χ4v) is 3.62. The molecular weight excluding hydrogens is 314 g/mol. The van der Waals surface area contributed by atoms with Crippen LogP contribution in [0, 0.1) is 5.92 Å². The van der Waals surface area contributed by atoms with Crippen molar-refractivity contribution in [2.45, 2.75) is 51.7 Å². The number of hydrogen-bond donors (Lipinski definition) is 1. The topological polar surface area (TPSA) is 21.3 Å². The molecule has 1 aromatic carbocycles. The molecule has 1 aromatic rings. The van der Waals surface area contributed by atoms with E-state index in [1.165, 1.54) is 22.9 Å². The van der Waals surface area contributed by atoms with E-state index in [-0.39, 0.29) is 0 Å². The molecule has 0 saturated carbocycles. The smallest absolute Gasteiger partial charge is 0.0616 e. The zero-order chi connectivity index (χ0) is 14.4. The van der Waals surface area contributed by atoms with Gasteiger partial charge in [0, 0.05) is 23.0 Å². The third-order valence-corrected chi connectivity index (χ3v) is 4.67. The predicted octanol–water partition coefficient (Wildman–Crippen LogP) is 4.17. The Labute approximate surface area is 131 Å². The van der Waals surface area contributed by atoms with Crippen LogP contribution < -0.4 is 5.32 Å². The lowest BCUT2D eigenvalue weighted by atomic mass is 9.87. The van der Waals surface area contributed by atoms with Gasteiger partial charge in [0.25, 0.3) is 0 Å². The molecule has 3 atom stereocenters. The maximum absolute atomic E-state index is 5.89. The van der Waals surface area contributed by atoms with Gasteiger partial charge in [-0.1, -0.05) is 41.9 Å². The molecule has 3 unspecified atom stereocenters. The second-order valence-electron chi connectivity index (χ2n) is 5.66. The molecule has 2 nitrogen and oxygen atoms in total. The molecule has 3 heteroatoms. The van der Waals surface area contributed by atoms with Crippen molar-refractivity contribution in [1.82, 2.24) is 5.32 Å². The number of halogens is 1. The van der Waals surface area contributed by atoms with Gasteiger partial charge in [-0.2, -0.15) is 0 Å². The summed E-state index contributed by atoms with van der Waals surface area (Å²) < 4.78 is 7.05. The highest BCUT2D eigenvalue weighted by atomic mass is 79.9. The molecule has 1 heterocycles. The predicted molar refractivity (Wildman–Crippen MR) is 88.1 cm³/mol. The van der Waals surface area contributed by atoms with E-state index in [0.717, 1.165) is 26.0 Å². The van der Waals surface area contributed by atoms with Gasteiger partial charge in [-0.15, -0.1) is 0 Å². The molecule has 0 aromatic heterocycles. The molecule has 0 spiro atoms. The summed E-state index contributed by atoms with van der Waals surface area (Å²) in [6.45, 7) is 6.47. The molecular formula is C17H26BrNO. The lowest BCUT2D eigenvalue weighted by molar-refractivity contribution is 0.0775. The first-order valence-corrected chi connectivity index (χ1v) is 8.63. The van der Waals surface area contributed by atoms with Crippen LogP contribution in [0.5, 0.6) is 0 Å². The SMILES string of the molecule is CCCNC(Cc1cccc(Br)c1)C1CCOC1CC. The molecule has 2 rings (SSSR count). The monoisotopic (exact) mass is 339 g/mol. The van der Waals surface area contributed by atoms with Crippen LogP contribution in [-0.4, -0.2) is 25.3 Å². The Morgan fingerprint density at radius 3 is 2.95 bits per heavy atom. The van der Waals surface area contributed by atoms with Gasteiger partial charge in [0.2, 0.25) is 0 Å². The van der Waals surface area contributed by atoms with Crippen molar-refractivity contribution in [2.24, 2.45) is 5.92 Å². The summed E-state index contributed by atoms with van der Waals surface area (Å²) in [6.07, 6.45) is 5.00. The molecule has 1 aliphatic heterocycles. The maximum Gasteiger partial charge on any atom is 0.0616 e. The first kappa shape index (κ1) is 16.0. The number of nitrogens with one attached hydrogen (secondary N) is 1. The van der Waals surface area contributed by atoms with Gasteiger partial charge < -0.3 is 10.1 Å². The molecule has 0 amide bonds. The van der Waals surface area contributed by atoms with E-state index in [9.17, 15) is 0 Å². The fraction of sp³-hybridized carbons (Fsp3) is 0.647. The molecule has 1 saturated heterocycles. The largest absolute Gasteiger partial charge is 0.378 e. The lowest BCUT2D eigenvalue weighted by Gasteiger charge is -2.28. The van der Waals surface area contributed by atoms with E-state index in [1.807, 2.05) is 0 Å². The highest BCUT2D eigenvalue weighted by Crippen LogP contribution is 2.28.